The minimum absolute atomic E-state index is 0.153. The third-order valence-electron chi connectivity index (χ3n) is 5.93. The van der Waals surface area contributed by atoms with E-state index in [1.165, 1.54) is 12.8 Å². The Morgan fingerprint density at radius 2 is 2.00 bits per heavy atom. The molecule has 0 bridgehead atoms. The molecule has 0 spiro atoms. The van der Waals surface area contributed by atoms with E-state index in [1.54, 1.807) is 6.33 Å². The highest BCUT2D eigenvalue weighted by atomic mass is 16.3. The summed E-state index contributed by atoms with van der Waals surface area (Å²) in [7, 11) is 0. The molecular weight excluding hydrogens is 354 g/mol. The van der Waals surface area contributed by atoms with Crippen LogP contribution in [-0.2, 0) is 0 Å². The number of furan rings is 1. The summed E-state index contributed by atoms with van der Waals surface area (Å²) in [6, 6.07) is 6.48. The van der Waals surface area contributed by atoms with Gasteiger partial charge in [-0.25, -0.2) is 9.97 Å². The van der Waals surface area contributed by atoms with Crippen LogP contribution >= 0.6 is 0 Å². The molecule has 2 fully saturated rings. The zero-order chi connectivity index (χ0) is 19.3. The van der Waals surface area contributed by atoms with Crippen LogP contribution in [0, 0.1) is 6.92 Å². The summed E-state index contributed by atoms with van der Waals surface area (Å²) in [5.41, 5.74) is 0. The van der Waals surface area contributed by atoms with Gasteiger partial charge in [0.25, 0.3) is 0 Å². The van der Waals surface area contributed by atoms with E-state index in [-0.39, 0.29) is 18.7 Å². The van der Waals surface area contributed by atoms with E-state index in [0.717, 1.165) is 68.6 Å². The van der Waals surface area contributed by atoms with Crippen molar-refractivity contribution in [3.63, 3.8) is 0 Å². The maximum Gasteiger partial charge on any atom is 0.134 e. The molecule has 28 heavy (non-hydrogen) atoms. The van der Waals surface area contributed by atoms with Gasteiger partial charge in [-0.1, -0.05) is 0 Å². The smallest absolute Gasteiger partial charge is 0.134 e. The van der Waals surface area contributed by atoms with Crippen molar-refractivity contribution in [3.8, 4) is 0 Å². The molecule has 2 aromatic rings. The molecule has 2 unspecified atom stereocenters. The summed E-state index contributed by atoms with van der Waals surface area (Å²) in [5.74, 6) is 3.67. The van der Waals surface area contributed by atoms with E-state index in [9.17, 15) is 5.11 Å². The Morgan fingerprint density at radius 1 is 1.18 bits per heavy atom. The maximum absolute atomic E-state index is 9.70. The van der Waals surface area contributed by atoms with E-state index in [0.29, 0.717) is 0 Å². The number of nitrogens with zero attached hydrogens (tertiary/aromatic N) is 4. The van der Waals surface area contributed by atoms with Crippen LogP contribution in [0.4, 0.5) is 11.6 Å². The van der Waals surface area contributed by atoms with Crippen LogP contribution < -0.4 is 10.2 Å². The summed E-state index contributed by atoms with van der Waals surface area (Å²) in [4.78, 5) is 13.6. The highest BCUT2D eigenvalue weighted by molar-refractivity contribution is 5.49. The van der Waals surface area contributed by atoms with Gasteiger partial charge in [0.05, 0.1) is 18.7 Å². The summed E-state index contributed by atoms with van der Waals surface area (Å²) in [6.45, 7) is 6.04. The van der Waals surface area contributed by atoms with Gasteiger partial charge in [0.2, 0.25) is 0 Å². The number of hydrogen-bond donors (Lipinski definition) is 2. The van der Waals surface area contributed by atoms with Crippen LogP contribution in [0.1, 0.15) is 49.7 Å². The topological polar surface area (TPSA) is 77.7 Å². The molecule has 0 aliphatic carbocycles. The molecule has 2 aliphatic heterocycles. The van der Waals surface area contributed by atoms with Crippen molar-refractivity contribution in [2.24, 2.45) is 0 Å². The Bertz CT molecular complexity index is 759. The van der Waals surface area contributed by atoms with Gasteiger partial charge in [0.15, 0.2) is 0 Å². The molecule has 2 saturated heterocycles. The fourth-order valence-electron chi connectivity index (χ4n) is 4.39. The number of aryl methyl sites for hydroxylation is 1. The second-order valence-corrected chi connectivity index (χ2v) is 7.88. The Kier molecular flexibility index (Phi) is 6.12. The van der Waals surface area contributed by atoms with Gasteiger partial charge in [0, 0.05) is 19.2 Å². The molecule has 0 saturated carbocycles. The van der Waals surface area contributed by atoms with E-state index in [4.69, 9.17) is 4.42 Å². The Labute approximate surface area is 166 Å². The molecule has 2 N–H and O–H groups in total. The predicted octanol–water partition coefficient (Wildman–Crippen LogP) is 2.98. The number of rotatable bonds is 7. The summed E-state index contributed by atoms with van der Waals surface area (Å²) >= 11 is 0. The molecule has 2 aromatic heterocycles. The molecule has 0 radical (unpaired) electrons. The Morgan fingerprint density at radius 3 is 2.75 bits per heavy atom. The summed E-state index contributed by atoms with van der Waals surface area (Å²) in [5, 5.41) is 13.2. The summed E-state index contributed by atoms with van der Waals surface area (Å²) < 4.78 is 5.94. The lowest BCUT2D eigenvalue weighted by Crippen LogP contribution is -2.42. The highest BCUT2D eigenvalue weighted by Gasteiger charge is 2.26. The molecule has 4 rings (SSSR count). The molecule has 0 amide bonds. The number of anilines is 2. The minimum Gasteiger partial charge on any atom is -0.465 e. The van der Waals surface area contributed by atoms with Crippen LogP contribution in [0.5, 0.6) is 0 Å². The van der Waals surface area contributed by atoms with Gasteiger partial charge in [-0.3, -0.25) is 4.90 Å². The van der Waals surface area contributed by atoms with Crippen LogP contribution in [0.25, 0.3) is 0 Å². The van der Waals surface area contributed by atoms with Crippen molar-refractivity contribution < 1.29 is 9.52 Å². The van der Waals surface area contributed by atoms with Crippen molar-refractivity contribution in [2.45, 2.75) is 51.1 Å². The molecule has 2 aliphatic rings. The minimum atomic E-state index is 0.153. The van der Waals surface area contributed by atoms with Gasteiger partial charge in [-0.05, 0) is 64.3 Å². The lowest BCUT2D eigenvalue weighted by atomic mass is 10.0. The van der Waals surface area contributed by atoms with E-state index in [1.807, 2.05) is 19.1 Å². The van der Waals surface area contributed by atoms with E-state index < -0.39 is 0 Å². The largest absolute Gasteiger partial charge is 0.465 e. The van der Waals surface area contributed by atoms with Crippen LogP contribution in [0.2, 0.25) is 0 Å². The quantitative estimate of drug-likeness (QED) is 0.759. The van der Waals surface area contributed by atoms with Gasteiger partial charge >= 0.3 is 0 Å². The van der Waals surface area contributed by atoms with Crippen molar-refractivity contribution in [2.75, 3.05) is 43.0 Å². The van der Waals surface area contributed by atoms with E-state index in [2.05, 4.69) is 31.2 Å². The molecule has 0 aromatic carbocycles. The number of aromatic nitrogens is 2. The van der Waals surface area contributed by atoms with Crippen LogP contribution in [0.3, 0.4) is 0 Å². The average molecular weight is 386 g/mol. The monoisotopic (exact) mass is 385 g/mol. The van der Waals surface area contributed by atoms with Crippen molar-refractivity contribution in [1.82, 2.24) is 14.9 Å². The molecule has 7 nitrogen and oxygen atoms in total. The van der Waals surface area contributed by atoms with Crippen molar-refractivity contribution in [1.29, 1.82) is 0 Å². The van der Waals surface area contributed by atoms with Crippen LogP contribution in [0.15, 0.2) is 28.9 Å². The van der Waals surface area contributed by atoms with Gasteiger partial charge < -0.3 is 19.7 Å². The molecule has 152 valence electrons. The number of aliphatic hydroxyl groups excluding tert-OH is 1. The normalized spacial score (nSPS) is 21.8. The number of nitrogens with one attached hydrogen (secondary N) is 1. The second-order valence-electron chi connectivity index (χ2n) is 7.88. The first-order valence-corrected chi connectivity index (χ1v) is 10.5. The lowest BCUT2D eigenvalue weighted by Gasteiger charge is -2.35. The highest BCUT2D eigenvalue weighted by Crippen LogP contribution is 2.28. The zero-order valence-corrected chi connectivity index (χ0v) is 16.7. The molecule has 4 heterocycles. The standard InChI is InChI=1S/C21H31N5O2/c1-16-7-8-19(28-16)18(25-9-4-5-10-25)13-22-20-12-21(24-15-23-20)26-11-3-2-6-17(26)14-27/h7-8,12,15,17-18,27H,2-6,9-11,13-14H2,1H3,(H,22,23,24). The molecular formula is C21H31N5O2. The van der Waals surface area contributed by atoms with Gasteiger partial charge in [0.1, 0.15) is 29.5 Å². The molecule has 7 heteroatoms. The lowest BCUT2D eigenvalue weighted by molar-refractivity contribution is 0.223. The van der Waals surface area contributed by atoms with Gasteiger partial charge in [-0.15, -0.1) is 0 Å². The third-order valence-corrected chi connectivity index (χ3v) is 5.93. The number of likely N-dealkylation sites (tertiary alicyclic amines) is 1. The fourth-order valence-corrected chi connectivity index (χ4v) is 4.39. The summed E-state index contributed by atoms with van der Waals surface area (Å²) in [6.07, 6.45) is 7.41. The Balaban J connectivity index is 1.47. The SMILES string of the molecule is Cc1ccc(C(CNc2cc(N3CCCCC3CO)ncn2)N2CCCC2)o1. The fraction of sp³-hybridized carbons (Fsp3) is 0.619. The van der Waals surface area contributed by atoms with Crippen molar-refractivity contribution in [3.05, 3.63) is 36.0 Å². The first-order chi connectivity index (χ1) is 13.7. The maximum atomic E-state index is 9.70. The molecule has 2 atom stereocenters. The second kappa shape index (κ2) is 8.92. The number of hydrogen-bond acceptors (Lipinski definition) is 7. The number of aliphatic hydroxyl groups is 1. The average Bonchev–Trinajstić information content (AvgIpc) is 3.41. The third kappa shape index (κ3) is 4.31. The Hall–Kier alpha value is -2.12. The van der Waals surface area contributed by atoms with Crippen molar-refractivity contribution >= 4 is 11.6 Å². The number of piperidine rings is 1. The zero-order valence-electron chi connectivity index (χ0n) is 16.7. The first-order valence-electron chi connectivity index (χ1n) is 10.5. The van der Waals surface area contributed by atoms with Gasteiger partial charge in [-0.2, -0.15) is 0 Å². The predicted molar refractivity (Wildman–Crippen MR) is 110 cm³/mol. The first kappa shape index (κ1) is 19.2. The van der Waals surface area contributed by atoms with Crippen LogP contribution in [-0.4, -0.2) is 58.8 Å². The van der Waals surface area contributed by atoms with E-state index >= 15 is 0 Å².